The molecule has 0 saturated carbocycles. The monoisotopic (exact) mass is 802 g/mol. The summed E-state index contributed by atoms with van der Waals surface area (Å²) < 4.78 is 0. The Balaban J connectivity index is 1.07. The van der Waals surface area contributed by atoms with Crippen LogP contribution in [0.2, 0.25) is 0 Å². The maximum atomic E-state index is 2.44. The van der Waals surface area contributed by atoms with Gasteiger partial charge < -0.3 is 9.80 Å². The smallest absolute Gasteiger partial charge is 0.0725 e. The van der Waals surface area contributed by atoms with Crippen molar-refractivity contribution in [3.8, 4) is 44.5 Å². The SMILES string of the molecule is c1ccc(-c2ccc(N(c3ccccc3)c3cc(-c4ccccc4)cc(N(c4ccccc4)c4ccc5c(c4)-c4ccccc4C54c5ccccc5-c5ccccc54)c3)cc2)cc1. The molecule has 10 aromatic rings. The van der Waals surface area contributed by atoms with Crippen molar-refractivity contribution in [1.29, 1.82) is 0 Å². The Morgan fingerprint density at radius 2 is 0.556 bits per heavy atom. The van der Waals surface area contributed by atoms with E-state index in [0.29, 0.717) is 0 Å². The molecule has 2 aliphatic rings. The fraction of sp³-hybridized carbons (Fsp3) is 0.0164. The van der Waals surface area contributed by atoms with E-state index in [1.807, 2.05) is 0 Å². The van der Waals surface area contributed by atoms with Crippen LogP contribution in [0.3, 0.4) is 0 Å². The van der Waals surface area contributed by atoms with E-state index in [2.05, 4.69) is 265 Å². The van der Waals surface area contributed by atoms with Crippen molar-refractivity contribution in [3.05, 3.63) is 277 Å². The van der Waals surface area contributed by atoms with Crippen LogP contribution in [0.4, 0.5) is 34.1 Å². The lowest BCUT2D eigenvalue weighted by Gasteiger charge is -2.32. The highest BCUT2D eigenvalue weighted by Gasteiger charge is 2.51. The van der Waals surface area contributed by atoms with Crippen LogP contribution < -0.4 is 9.80 Å². The van der Waals surface area contributed by atoms with Crippen LogP contribution in [0.1, 0.15) is 22.3 Å². The van der Waals surface area contributed by atoms with E-state index in [9.17, 15) is 0 Å². The van der Waals surface area contributed by atoms with E-state index in [0.717, 1.165) is 45.3 Å². The summed E-state index contributed by atoms with van der Waals surface area (Å²) in [6.45, 7) is 0. The highest BCUT2D eigenvalue weighted by molar-refractivity contribution is 5.97. The molecule has 0 amide bonds. The Bertz CT molecular complexity index is 3220. The van der Waals surface area contributed by atoms with Crippen molar-refractivity contribution in [3.63, 3.8) is 0 Å². The van der Waals surface area contributed by atoms with Crippen LogP contribution in [0.15, 0.2) is 255 Å². The van der Waals surface area contributed by atoms with Crippen LogP contribution in [0.25, 0.3) is 44.5 Å². The molecule has 10 aromatic carbocycles. The van der Waals surface area contributed by atoms with Gasteiger partial charge in [-0.3, -0.25) is 0 Å². The van der Waals surface area contributed by atoms with Crippen molar-refractivity contribution in [2.45, 2.75) is 5.41 Å². The summed E-state index contributed by atoms with van der Waals surface area (Å²) in [5.41, 5.74) is 21.3. The number of nitrogens with zero attached hydrogens (tertiary/aromatic N) is 2. The van der Waals surface area contributed by atoms with Gasteiger partial charge in [-0.25, -0.2) is 0 Å². The molecule has 0 unspecified atom stereocenters. The van der Waals surface area contributed by atoms with Gasteiger partial charge in [-0.2, -0.15) is 0 Å². The lowest BCUT2D eigenvalue weighted by atomic mass is 9.70. The number of anilines is 6. The molecular weight excluding hydrogens is 761 g/mol. The number of hydrogen-bond donors (Lipinski definition) is 0. The van der Waals surface area contributed by atoms with Crippen LogP contribution in [0, 0.1) is 0 Å². The summed E-state index contributed by atoms with van der Waals surface area (Å²) in [7, 11) is 0. The van der Waals surface area contributed by atoms with Gasteiger partial charge in [-0.15, -0.1) is 0 Å². The zero-order valence-corrected chi connectivity index (χ0v) is 34.6. The Morgan fingerprint density at radius 1 is 0.206 bits per heavy atom. The van der Waals surface area contributed by atoms with E-state index < -0.39 is 5.41 Å². The number of rotatable bonds is 8. The molecule has 2 aliphatic carbocycles. The van der Waals surface area contributed by atoms with Crippen LogP contribution >= 0.6 is 0 Å². The minimum atomic E-state index is -0.401. The molecule has 0 fully saturated rings. The van der Waals surface area contributed by atoms with E-state index >= 15 is 0 Å². The first-order chi connectivity index (χ1) is 31.3. The van der Waals surface area contributed by atoms with E-state index in [-0.39, 0.29) is 0 Å². The average Bonchev–Trinajstić information content (AvgIpc) is 3.83. The average molecular weight is 803 g/mol. The molecule has 2 nitrogen and oxygen atoms in total. The van der Waals surface area contributed by atoms with Gasteiger partial charge in [-0.05, 0) is 133 Å². The first kappa shape index (κ1) is 36.6. The molecule has 0 aliphatic heterocycles. The first-order valence-electron chi connectivity index (χ1n) is 21.8. The quantitative estimate of drug-likeness (QED) is 0.151. The second-order valence-electron chi connectivity index (χ2n) is 16.5. The number of para-hydroxylation sites is 2. The van der Waals surface area contributed by atoms with Crippen LogP contribution in [0.5, 0.6) is 0 Å². The summed E-state index contributed by atoms with van der Waals surface area (Å²) in [6, 6.07) is 93.1. The maximum absolute atomic E-state index is 2.44. The van der Waals surface area contributed by atoms with Gasteiger partial charge in [0.15, 0.2) is 0 Å². The van der Waals surface area contributed by atoms with Gasteiger partial charge in [0.05, 0.1) is 5.41 Å². The third kappa shape index (κ3) is 5.95. The predicted octanol–water partition coefficient (Wildman–Crippen LogP) is 16.3. The second kappa shape index (κ2) is 15.1. The molecule has 1 spiro atoms. The fourth-order valence-electron chi connectivity index (χ4n) is 10.4. The molecule has 0 heterocycles. The molecule has 0 radical (unpaired) electrons. The lowest BCUT2D eigenvalue weighted by molar-refractivity contribution is 0.794. The molecule has 296 valence electrons. The summed E-state index contributed by atoms with van der Waals surface area (Å²) in [4.78, 5) is 4.81. The normalized spacial score (nSPS) is 12.6. The fourth-order valence-corrected chi connectivity index (χ4v) is 10.4. The number of hydrogen-bond acceptors (Lipinski definition) is 2. The van der Waals surface area contributed by atoms with Gasteiger partial charge >= 0.3 is 0 Å². The third-order valence-corrected chi connectivity index (χ3v) is 13.0. The maximum Gasteiger partial charge on any atom is 0.0725 e. The van der Waals surface area contributed by atoms with Gasteiger partial charge in [0.1, 0.15) is 0 Å². The molecule has 63 heavy (non-hydrogen) atoms. The first-order valence-corrected chi connectivity index (χ1v) is 21.8. The van der Waals surface area contributed by atoms with Gasteiger partial charge in [-0.1, -0.05) is 188 Å². The van der Waals surface area contributed by atoms with Gasteiger partial charge in [0.2, 0.25) is 0 Å². The number of fused-ring (bicyclic) bond motifs is 10. The Labute approximate surface area is 369 Å². The van der Waals surface area contributed by atoms with E-state index in [1.54, 1.807) is 0 Å². The highest BCUT2D eigenvalue weighted by Crippen LogP contribution is 2.63. The minimum absolute atomic E-state index is 0.401. The second-order valence-corrected chi connectivity index (χ2v) is 16.5. The Morgan fingerprint density at radius 3 is 1.06 bits per heavy atom. The third-order valence-electron chi connectivity index (χ3n) is 13.0. The zero-order chi connectivity index (χ0) is 41.7. The van der Waals surface area contributed by atoms with Crippen molar-refractivity contribution in [2.75, 3.05) is 9.80 Å². The number of benzene rings is 10. The van der Waals surface area contributed by atoms with Crippen LogP contribution in [-0.4, -0.2) is 0 Å². The molecule has 0 saturated heterocycles. The highest BCUT2D eigenvalue weighted by atomic mass is 15.2. The molecule has 0 bridgehead atoms. The Hall–Kier alpha value is -8.20. The molecule has 0 N–H and O–H groups in total. The summed E-state index contributed by atoms with van der Waals surface area (Å²) in [5, 5.41) is 0. The standard InChI is InChI=1S/C61H42N2/c1-5-19-43(20-6-1)45-33-35-49(36-34-45)62(47-23-9-3-10-24-47)51-39-46(44-21-7-2-8-22-44)40-52(41-51)63(48-25-11-4-12-26-48)50-37-38-60-56(42-50)55-29-15-18-32-59(55)61(60)57-30-16-13-27-53(57)54-28-14-17-31-58(54)61/h1-42H. The van der Waals surface area contributed by atoms with Gasteiger partial charge in [0, 0.05) is 34.1 Å². The summed E-state index contributed by atoms with van der Waals surface area (Å²) >= 11 is 0. The van der Waals surface area contributed by atoms with Crippen molar-refractivity contribution >= 4 is 34.1 Å². The molecule has 2 heteroatoms. The van der Waals surface area contributed by atoms with Crippen molar-refractivity contribution in [1.82, 2.24) is 0 Å². The predicted molar refractivity (Wildman–Crippen MR) is 263 cm³/mol. The summed E-state index contributed by atoms with van der Waals surface area (Å²) in [6.07, 6.45) is 0. The molecule has 0 atom stereocenters. The Kier molecular flexibility index (Phi) is 8.76. The minimum Gasteiger partial charge on any atom is -0.310 e. The van der Waals surface area contributed by atoms with Crippen molar-refractivity contribution < 1.29 is 0 Å². The summed E-state index contributed by atoms with van der Waals surface area (Å²) in [5.74, 6) is 0. The molecule has 0 aromatic heterocycles. The molecular formula is C61H42N2. The molecule has 12 rings (SSSR count). The van der Waals surface area contributed by atoms with Crippen LogP contribution in [-0.2, 0) is 5.41 Å². The van der Waals surface area contributed by atoms with E-state index in [4.69, 9.17) is 0 Å². The van der Waals surface area contributed by atoms with Gasteiger partial charge in [0.25, 0.3) is 0 Å². The topological polar surface area (TPSA) is 6.48 Å². The van der Waals surface area contributed by atoms with Crippen molar-refractivity contribution in [2.24, 2.45) is 0 Å². The largest absolute Gasteiger partial charge is 0.310 e. The van der Waals surface area contributed by atoms with E-state index in [1.165, 1.54) is 55.6 Å². The lowest BCUT2D eigenvalue weighted by Crippen LogP contribution is -2.25. The zero-order valence-electron chi connectivity index (χ0n) is 34.6.